The Morgan fingerprint density at radius 1 is 0.806 bits per heavy atom. The van der Waals surface area contributed by atoms with Crippen LogP contribution in [0, 0.1) is 13.8 Å². The Morgan fingerprint density at radius 3 is 2.14 bits per heavy atom. The Balaban J connectivity index is 1.70. The molecule has 0 unspecified atom stereocenters. The SMILES string of the molecule is CSc1nc2c(sc3nc(-c4ccc(C)cc4)cc(-c4ccccc4)c32)c(=O)n1-c1ccc(C)cc1. The molecule has 0 fully saturated rings. The van der Waals surface area contributed by atoms with Gasteiger partial charge in [0.15, 0.2) is 5.16 Å². The van der Waals surface area contributed by atoms with Gasteiger partial charge < -0.3 is 0 Å². The average molecular weight is 506 g/mol. The molecule has 3 aromatic heterocycles. The van der Waals surface area contributed by atoms with Gasteiger partial charge in [0.25, 0.3) is 5.56 Å². The van der Waals surface area contributed by atoms with Crippen molar-refractivity contribution < 1.29 is 0 Å². The topological polar surface area (TPSA) is 47.8 Å². The van der Waals surface area contributed by atoms with Crippen LogP contribution in [-0.4, -0.2) is 20.8 Å². The molecule has 3 aromatic carbocycles. The first-order valence-electron chi connectivity index (χ1n) is 11.7. The van der Waals surface area contributed by atoms with Crippen LogP contribution in [0.5, 0.6) is 0 Å². The third kappa shape index (κ3) is 3.83. The lowest BCUT2D eigenvalue weighted by molar-refractivity contribution is 0.824. The van der Waals surface area contributed by atoms with E-state index < -0.39 is 0 Å². The van der Waals surface area contributed by atoms with Gasteiger partial charge in [0.05, 0.1) is 16.9 Å². The molecule has 4 nitrogen and oxygen atoms in total. The van der Waals surface area contributed by atoms with E-state index in [9.17, 15) is 4.79 Å². The van der Waals surface area contributed by atoms with Gasteiger partial charge >= 0.3 is 0 Å². The Hall–Kier alpha value is -3.74. The largest absolute Gasteiger partial charge is 0.276 e. The number of aromatic nitrogens is 3. The number of aryl methyl sites for hydroxylation is 2. The fourth-order valence-electron chi connectivity index (χ4n) is 4.44. The fourth-order valence-corrected chi connectivity index (χ4v) is 6.07. The molecule has 6 rings (SSSR count). The number of hydrogen-bond donors (Lipinski definition) is 0. The van der Waals surface area contributed by atoms with E-state index in [1.165, 1.54) is 28.7 Å². The van der Waals surface area contributed by atoms with Gasteiger partial charge in [-0.2, -0.15) is 0 Å². The van der Waals surface area contributed by atoms with Crippen LogP contribution >= 0.6 is 23.1 Å². The number of fused-ring (bicyclic) bond motifs is 3. The van der Waals surface area contributed by atoms with Crippen LogP contribution in [0.4, 0.5) is 0 Å². The molecule has 0 aliphatic carbocycles. The summed E-state index contributed by atoms with van der Waals surface area (Å²) in [5.74, 6) is 0. The van der Waals surface area contributed by atoms with E-state index in [-0.39, 0.29) is 5.56 Å². The van der Waals surface area contributed by atoms with Gasteiger partial charge in [0, 0.05) is 10.9 Å². The average Bonchev–Trinajstić information content (AvgIpc) is 3.28. The van der Waals surface area contributed by atoms with E-state index in [0.717, 1.165) is 49.4 Å². The number of thioether (sulfide) groups is 1. The molecule has 0 aliphatic heterocycles. The molecule has 0 bridgehead atoms. The molecule has 0 spiro atoms. The van der Waals surface area contributed by atoms with Crippen molar-refractivity contribution >= 4 is 43.5 Å². The molecule has 176 valence electrons. The highest BCUT2D eigenvalue weighted by atomic mass is 32.2. The van der Waals surface area contributed by atoms with Gasteiger partial charge in [-0.15, -0.1) is 11.3 Å². The molecule has 3 heterocycles. The molecule has 0 radical (unpaired) electrons. The standard InChI is InChI=1S/C30H23N3OS2/c1-18-9-13-21(14-10-18)24-17-23(20-7-5-4-6-8-20)25-26-27(36-28(25)31-24)29(34)33(30(32-26)35-3)22-15-11-19(2)12-16-22/h4-17H,1-3H3. The molecule has 0 aliphatic rings. The van der Waals surface area contributed by atoms with Gasteiger partial charge in [0.2, 0.25) is 0 Å². The number of nitrogens with zero attached hydrogens (tertiary/aromatic N) is 3. The fraction of sp³-hybridized carbons (Fsp3) is 0.100. The van der Waals surface area contributed by atoms with Crippen molar-refractivity contribution in [2.45, 2.75) is 19.0 Å². The summed E-state index contributed by atoms with van der Waals surface area (Å²) in [6.07, 6.45) is 1.96. The highest BCUT2D eigenvalue weighted by Gasteiger charge is 2.21. The molecule has 0 atom stereocenters. The first kappa shape index (κ1) is 22.7. The summed E-state index contributed by atoms with van der Waals surface area (Å²) in [6, 6.07) is 28.8. The summed E-state index contributed by atoms with van der Waals surface area (Å²) in [4.78, 5) is 24.8. The quantitative estimate of drug-likeness (QED) is 0.182. The van der Waals surface area contributed by atoms with Crippen molar-refractivity contribution in [2.24, 2.45) is 0 Å². The van der Waals surface area contributed by atoms with Crippen molar-refractivity contribution in [1.29, 1.82) is 0 Å². The third-order valence-electron chi connectivity index (χ3n) is 6.34. The van der Waals surface area contributed by atoms with E-state index in [0.29, 0.717) is 9.86 Å². The normalized spacial score (nSPS) is 11.4. The molecule has 0 saturated carbocycles. The smallest absolute Gasteiger partial charge is 0.267 e. The summed E-state index contributed by atoms with van der Waals surface area (Å²) in [7, 11) is 0. The number of pyridine rings is 1. The molecule has 0 N–H and O–H groups in total. The van der Waals surface area contributed by atoms with E-state index >= 15 is 0 Å². The minimum atomic E-state index is -0.0629. The number of thiophene rings is 1. The second-order valence-corrected chi connectivity index (χ2v) is 10.6. The van der Waals surface area contributed by atoms with Crippen LogP contribution in [0.25, 0.3) is 48.5 Å². The number of rotatable bonds is 4. The predicted octanol–water partition coefficient (Wildman–Crippen LogP) is 7.67. The van der Waals surface area contributed by atoms with Crippen molar-refractivity contribution in [3.05, 3.63) is 106 Å². The first-order valence-corrected chi connectivity index (χ1v) is 13.7. The third-order valence-corrected chi connectivity index (χ3v) is 8.04. The lowest BCUT2D eigenvalue weighted by atomic mass is 9.99. The van der Waals surface area contributed by atoms with Crippen LogP contribution in [0.1, 0.15) is 11.1 Å². The molecular weight excluding hydrogens is 482 g/mol. The first-order chi connectivity index (χ1) is 17.5. The van der Waals surface area contributed by atoms with Gasteiger partial charge in [-0.25, -0.2) is 9.97 Å². The van der Waals surface area contributed by atoms with Gasteiger partial charge in [-0.1, -0.05) is 89.6 Å². The van der Waals surface area contributed by atoms with Gasteiger partial charge in [-0.05, 0) is 49.4 Å². The predicted molar refractivity (Wildman–Crippen MR) is 153 cm³/mol. The van der Waals surface area contributed by atoms with Crippen LogP contribution in [0.3, 0.4) is 0 Å². The Kier molecular flexibility index (Phi) is 5.70. The van der Waals surface area contributed by atoms with E-state index in [2.05, 4.69) is 49.4 Å². The zero-order valence-electron chi connectivity index (χ0n) is 20.1. The van der Waals surface area contributed by atoms with Gasteiger partial charge in [-0.3, -0.25) is 9.36 Å². The summed E-state index contributed by atoms with van der Waals surface area (Å²) in [5, 5.41) is 1.60. The van der Waals surface area contributed by atoms with Gasteiger partial charge in [0.1, 0.15) is 9.53 Å². The van der Waals surface area contributed by atoms with Crippen LogP contribution in [-0.2, 0) is 0 Å². The molecule has 0 amide bonds. The Morgan fingerprint density at radius 2 is 1.47 bits per heavy atom. The maximum atomic E-state index is 13.9. The maximum Gasteiger partial charge on any atom is 0.276 e. The second-order valence-electron chi connectivity index (χ2n) is 8.82. The Bertz CT molecular complexity index is 1790. The summed E-state index contributed by atoms with van der Waals surface area (Å²) >= 11 is 2.90. The van der Waals surface area contributed by atoms with Crippen LogP contribution < -0.4 is 5.56 Å². The van der Waals surface area contributed by atoms with E-state index in [1.54, 1.807) is 4.57 Å². The summed E-state index contributed by atoms with van der Waals surface area (Å²) < 4.78 is 2.33. The highest BCUT2D eigenvalue weighted by Crippen LogP contribution is 2.40. The van der Waals surface area contributed by atoms with Crippen molar-refractivity contribution in [2.75, 3.05) is 6.26 Å². The Labute approximate surface area is 217 Å². The van der Waals surface area contributed by atoms with E-state index in [4.69, 9.17) is 9.97 Å². The summed E-state index contributed by atoms with van der Waals surface area (Å²) in [5.41, 5.74) is 7.87. The molecule has 6 heteroatoms. The zero-order valence-corrected chi connectivity index (χ0v) is 21.8. The molecular formula is C30H23N3OS2. The van der Waals surface area contributed by atoms with Crippen molar-refractivity contribution in [3.8, 4) is 28.1 Å². The summed E-state index contributed by atoms with van der Waals surface area (Å²) in [6.45, 7) is 4.12. The molecule has 6 aromatic rings. The highest BCUT2D eigenvalue weighted by molar-refractivity contribution is 7.98. The number of hydrogen-bond acceptors (Lipinski definition) is 5. The van der Waals surface area contributed by atoms with Crippen molar-refractivity contribution in [3.63, 3.8) is 0 Å². The minimum Gasteiger partial charge on any atom is -0.267 e. The molecule has 0 saturated heterocycles. The lowest BCUT2D eigenvalue weighted by Crippen LogP contribution is -2.20. The van der Waals surface area contributed by atoms with Crippen LogP contribution in [0.2, 0.25) is 0 Å². The van der Waals surface area contributed by atoms with Crippen molar-refractivity contribution in [1.82, 2.24) is 14.5 Å². The zero-order chi connectivity index (χ0) is 24.8. The second kappa shape index (κ2) is 9.04. The monoisotopic (exact) mass is 505 g/mol. The molecule has 36 heavy (non-hydrogen) atoms. The minimum absolute atomic E-state index is 0.0629. The van der Waals surface area contributed by atoms with E-state index in [1.807, 2.05) is 55.6 Å². The van der Waals surface area contributed by atoms with Crippen LogP contribution in [0.15, 0.2) is 94.9 Å². The maximum absolute atomic E-state index is 13.9. The number of benzene rings is 3. The lowest BCUT2D eigenvalue weighted by Gasteiger charge is -2.11.